The quantitative estimate of drug-likeness (QED) is 0.798. The van der Waals surface area contributed by atoms with Crippen LogP contribution in [-0.2, 0) is 5.60 Å². The number of hydrogen-bond donors (Lipinski definition) is 1. The predicted octanol–water partition coefficient (Wildman–Crippen LogP) is 3.05. The summed E-state index contributed by atoms with van der Waals surface area (Å²) < 4.78 is 0. The van der Waals surface area contributed by atoms with Crippen LogP contribution in [0.2, 0.25) is 5.02 Å². The van der Waals surface area contributed by atoms with Crippen molar-refractivity contribution in [1.82, 2.24) is 0 Å². The van der Waals surface area contributed by atoms with E-state index in [-0.39, 0.29) is 0 Å². The van der Waals surface area contributed by atoms with Crippen LogP contribution in [0.4, 0.5) is 0 Å². The van der Waals surface area contributed by atoms with Gasteiger partial charge in [0, 0.05) is 16.0 Å². The Morgan fingerprint density at radius 3 is 2.93 bits per heavy atom. The summed E-state index contributed by atoms with van der Waals surface area (Å²) in [6.07, 6.45) is 0.817. The first-order chi connectivity index (χ1) is 6.60. The van der Waals surface area contributed by atoms with Gasteiger partial charge in [-0.15, -0.1) is 0 Å². The fourth-order valence-electron chi connectivity index (χ4n) is 1.85. The molecule has 2 unspecified atom stereocenters. The average molecular weight is 229 g/mol. The Kier molecular flexibility index (Phi) is 2.78. The van der Waals surface area contributed by atoms with Crippen molar-refractivity contribution in [1.29, 1.82) is 0 Å². The van der Waals surface area contributed by atoms with E-state index in [9.17, 15) is 5.11 Å². The van der Waals surface area contributed by atoms with Crippen LogP contribution in [0.1, 0.15) is 18.9 Å². The third-order valence-corrected chi connectivity index (χ3v) is 4.21. The Balaban J connectivity index is 2.30. The molecule has 0 saturated carbocycles. The van der Waals surface area contributed by atoms with Crippen LogP contribution in [0.3, 0.4) is 0 Å². The molecule has 1 aliphatic rings. The van der Waals surface area contributed by atoms with Crippen LogP contribution in [0.15, 0.2) is 24.3 Å². The minimum atomic E-state index is -0.672. The highest BCUT2D eigenvalue weighted by Gasteiger charge is 2.37. The number of rotatable bonds is 1. The Bertz CT molecular complexity index is 342. The largest absolute Gasteiger partial charge is 0.384 e. The molecule has 1 aromatic rings. The molecule has 2 atom stereocenters. The van der Waals surface area contributed by atoms with Gasteiger partial charge in [0.1, 0.15) is 0 Å². The van der Waals surface area contributed by atoms with E-state index in [0.717, 1.165) is 17.7 Å². The Morgan fingerprint density at radius 2 is 2.36 bits per heavy atom. The minimum absolute atomic E-state index is 0.527. The molecule has 0 radical (unpaired) electrons. The van der Waals surface area contributed by atoms with Gasteiger partial charge in [-0.25, -0.2) is 0 Å². The summed E-state index contributed by atoms with van der Waals surface area (Å²) in [6, 6.07) is 7.54. The maximum Gasteiger partial charge on any atom is 0.0997 e. The van der Waals surface area contributed by atoms with Crippen molar-refractivity contribution in [2.24, 2.45) is 0 Å². The van der Waals surface area contributed by atoms with E-state index in [4.69, 9.17) is 11.6 Å². The van der Waals surface area contributed by atoms with Crippen molar-refractivity contribution in [3.8, 4) is 0 Å². The van der Waals surface area contributed by atoms with Crippen LogP contribution in [0, 0.1) is 0 Å². The standard InChI is InChI=1S/C11H13ClOS/c1-8-6-11(13,7-14-8)9-3-2-4-10(12)5-9/h2-5,8,13H,6-7H2,1H3. The molecule has 1 aliphatic heterocycles. The number of aliphatic hydroxyl groups is 1. The van der Waals surface area contributed by atoms with Crippen LogP contribution < -0.4 is 0 Å². The van der Waals surface area contributed by atoms with E-state index in [1.165, 1.54) is 0 Å². The molecule has 0 amide bonds. The Hall–Kier alpha value is -0.180. The molecule has 0 bridgehead atoms. The first-order valence-corrected chi connectivity index (χ1v) is 6.13. The van der Waals surface area contributed by atoms with Gasteiger partial charge in [0.2, 0.25) is 0 Å². The lowest BCUT2D eigenvalue weighted by Crippen LogP contribution is -2.25. The summed E-state index contributed by atoms with van der Waals surface area (Å²) in [5.41, 5.74) is 0.275. The zero-order chi connectivity index (χ0) is 10.2. The summed E-state index contributed by atoms with van der Waals surface area (Å²) in [4.78, 5) is 0. The monoisotopic (exact) mass is 228 g/mol. The van der Waals surface area contributed by atoms with Gasteiger partial charge >= 0.3 is 0 Å². The molecule has 3 heteroatoms. The lowest BCUT2D eigenvalue weighted by Gasteiger charge is -2.22. The molecule has 1 fully saturated rings. The molecule has 14 heavy (non-hydrogen) atoms. The van der Waals surface area contributed by atoms with Crippen molar-refractivity contribution >= 4 is 23.4 Å². The smallest absolute Gasteiger partial charge is 0.0997 e. The second-order valence-electron chi connectivity index (χ2n) is 3.87. The maximum absolute atomic E-state index is 10.4. The van der Waals surface area contributed by atoms with Gasteiger partial charge in [0.15, 0.2) is 0 Å². The minimum Gasteiger partial charge on any atom is -0.384 e. The fourth-order valence-corrected chi connectivity index (χ4v) is 3.28. The van der Waals surface area contributed by atoms with Crippen LogP contribution >= 0.6 is 23.4 Å². The van der Waals surface area contributed by atoms with Crippen molar-refractivity contribution < 1.29 is 5.11 Å². The predicted molar refractivity (Wildman–Crippen MR) is 61.9 cm³/mol. The molecule has 0 spiro atoms. The number of thioether (sulfide) groups is 1. The number of halogens is 1. The van der Waals surface area contributed by atoms with E-state index in [1.54, 1.807) is 0 Å². The topological polar surface area (TPSA) is 20.2 Å². The molecular weight excluding hydrogens is 216 g/mol. The van der Waals surface area contributed by atoms with Crippen LogP contribution in [0.25, 0.3) is 0 Å². The third-order valence-electron chi connectivity index (χ3n) is 2.59. The highest BCUT2D eigenvalue weighted by Crippen LogP contribution is 2.41. The van der Waals surface area contributed by atoms with E-state index < -0.39 is 5.60 Å². The SMILES string of the molecule is CC1CC(O)(c2cccc(Cl)c2)CS1. The van der Waals surface area contributed by atoms with Gasteiger partial charge in [-0.2, -0.15) is 11.8 Å². The van der Waals surface area contributed by atoms with Crippen molar-refractivity contribution in [3.05, 3.63) is 34.9 Å². The summed E-state index contributed by atoms with van der Waals surface area (Å²) >= 11 is 7.72. The summed E-state index contributed by atoms with van der Waals surface area (Å²) in [6.45, 7) is 2.15. The van der Waals surface area contributed by atoms with Gasteiger partial charge in [-0.3, -0.25) is 0 Å². The van der Waals surface area contributed by atoms with Crippen LogP contribution in [-0.4, -0.2) is 16.1 Å². The van der Waals surface area contributed by atoms with Gasteiger partial charge in [-0.05, 0) is 24.1 Å². The molecule has 1 nitrogen and oxygen atoms in total. The van der Waals surface area contributed by atoms with E-state index in [2.05, 4.69) is 6.92 Å². The molecule has 1 saturated heterocycles. The van der Waals surface area contributed by atoms with E-state index in [1.807, 2.05) is 36.0 Å². The molecular formula is C11H13ClOS. The molecule has 0 aliphatic carbocycles. The van der Waals surface area contributed by atoms with E-state index >= 15 is 0 Å². The lowest BCUT2D eigenvalue weighted by atomic mass is 9.92. The molecule has 2 rings (SSSR count). The maximum atomic E-state index is 10.4. The highest BCUT2D eigenvalue weighted by molar-refractivity contribution is 8.00. The zero-order valence-electron chi connectivity index (χ0n) is 8.03. The van der Waals surface area contributed by atoms with E-state index in [0.29, 0.717) is 10.3 Å². The first-order valence-electron chi connectivity index (χ1n) is 4.70. The molecule has 1 N–H and O–H groups in total. The van der Waals surface area contributed by atoms with Gasteiger partial charge in [0.05, 0.1) is 5.60 Å². The van der Waals surface area contributed by atoms with Crippen molar-refractivity contribution in [3.63, 3.8) is 0 Å². The Morgan fingerprint density at radius 1 is 1.57 bits per heavy atom. The molecule has 0 aromatic heterocycles. The second kappa shape index (κ2) is 3.76. The summed E-state index contributed by atoms with van der Waals surface area (Å²) in [5, 5.41) is 11.6. The molecule has 1 aromatic carbocycles. The summed E-state index contributed by atoms with van der Waals surface area (Å²) in [5.74, 6) is 0.772. The van der Waals surface area contributed by atoms with Crippen molar-refractivity contribution in [2.45, 2.75) is 24.2 Å². The normalized spacial score (nSPS) is 32.1. The second-order valence-corrected chi connectivity index (χ2v) is 5.73. The average Bonchev–Trinajstić information content (AvgIpc) is 2.48. The van der Waals surface area contributed by atoms with Gasteiger partial charge < -0.3 is 5.11 Å². The highest BCUT2D eigenvalue weighted by atomic mass is 35.5. The van der Waals surface area contributed by atoms with Gasteiger partial charge in [0.25, 0.3) is 0 Å². The van der Waals surface area contributed by atoms with Crippen molar-refractivity contribution in [2.75, 3.05) is 5.75 Å². The Labute approximate surface area is 93.5 Å². The number of benzene rings is 1. The molecule has 1 heterocycles. The zero-order valence-corrected chi connectivity index (χ0v) is 9.61. The first kappa shape index (κ1) is 10.3. The third kappa shape index (κ3) is 1.92. The summed E-state index contributed by atoms with van der Waals surface area (Å²) in [7, 11) is 0. The fraction of sp³-hybridized carbons (Fsp3) is 0.455. The molecule has 76 valence electrons. The lowest BCUT2D eigenvalue weighted by molar-refractivity contribution is 0.0612. The van der Waals surface area contributed by atoms with Crippen LogP contribution in [0.5, 0.6) is 0 Å². The number of hydrogen-bond acceptors (Lipinski definition) is 2. The van der Waals surface area contributed by atoms with Gasteiger partial charge in [-0.1, -0.05) is 30.7 Å².